The van der Waals surface area contributed by atoms with Crippen LogP contribution in [-0.4, -0.2) is 80.7 Å². The lowest BCUT2D eigenvalue weighted by Crippen LogP contribution is -2.37. The Bertz CT molecular complexity index is 561. The molecule has 0 saturated carbocycles. The summed E-state index contributed by atoms with van der Waals surface area (Å²) in [6, 6.07) is 6.98. The maximum atomic E-state index is 10.2. The Morgan fingerprint density at radius 2 is 1.89 bits per heavy atom. The van der Waals surface area contributed by atoms with Crippen molar-refractivity contribution in [1.82, 2.24) is 9.80 Å². The summed E-state index contributed by atoms with van der Waals surface area (Å²) in [5.41, 5.74) is 1.19. The molecule has 154 valence electrons. The smallest absolute Gasteiger partial charge is 0.161 e. The molecule has 0 amide bonds. The number of benzene rings is 1. The Balaban J connectivity index is 1.91. The van der Waals surface area contributed by atoms with Gasteiger partial charge in [0, 0.05) is 38.4 Å². The van der Waals surface area contributed by atoms with Gasteiger partial charge in [0.05, 0.1) is 7.11 Å². The number of ether oxygens (including phenoxy) is 3. The van der Waals surface area contributed by atoms with Gasteiger partial charge in [0.25, 0.3) is 0 Å². The number of rotatable bonds is 10. The van der Waals surface area contributed by atoms with Gasteiger partial charge in [-0.1, -0.05) is 6.07 Å². The lowest BCUT2D eigenvalue weighted by molar-refractivity contribution is 0.0406. The normalized spacial score (nSPS) is 16.9. The summed E-state index contributed by atoms with van der Waals surface area (Å²) >= 11 is 0. The topological polar surface area (TPSA) is 54.4 Å². The van der Waals surface area contributed by atoms with Gasteiger partial charge in [-0.3, -0.25) is 4.90 Å². The Kier molecular flexibility index (Phi) is 8.83. The first-order valence-electron chi connectivity index (χ1n) is 9.86. The lowest BCUT2D eigenvalue weighted by atomic mass is 10.1. The van der Waals surface area contributed by atoms with Crippen molar-refractivity contribution in [2.75, 3.05) is 47.6 Å². The van der Waals surface area contributed by atoms with Gasteiger partial charge in [-0.15, -0.1) is 0 Å². The van der Waals surface area contributed by atoms with E-state index in [9.17, 15) is 5.11 Å². The average molecular weight is 381 g/mol. The molecule has 6 heteroatoms. The summed E-state index contributed by atoms with van der Waals surface area (Å²) in [5.74, 6) is 1.37. The minimum atomic E-state index is -0.540. The molecule has 1 fully saturated rings. The average Bonchev–Trinajstić information content (AvgIpc) is 2.67. The van der Waals surface area contributed by atoms with Crippen molar-refractivity contribution >= 4 is 0 Å². The standard InChI is InChI=1S/C21H36N2O4/c1-16(2)22(3)14-19(24)15-27-20-7-6-17(12-21(20)25-5)13-23(4)18-8-10-26-11-9-18/h6-7,12,16,18-19,24H,8-11,13-15H2,1-5H3/t19-/m0/s1. The second kappa shape index (κ2) is 10.9. The molecule has 1 aromatic rings. The molecular weight excluding hydrogens is 344 g/mol. The third kappa shape index (κ3) is 6.96. The van der Waals surface area contributed by atoms with Crippen LogP contribution in [0.3, 0.4) is 0 Å². The molecule has 0 bridgehead atoms. The molecule has 0 unspecified atom stereocenters. The monoisotopic (exact) mass is 380 g/mol. The van der Waals surface area contributed by atoms with Crippen LogP contribution in [-0.2, 0) is 11.3 Å². The molecule has 27 heavy (non-hydrogen) atoms. The second-order valence-corrected chi connectivity index (χ2v) is 7.74. The van der Waals surface area contributed by atoms with Crippen LogP contribution in [0.5, 0.6) is 11.5 Å². The molecule has 1 atom stereocenters. The summed E-state index contributed by atoms with van der Waals surface area (Å²) in [7, 11) is 5.81. The second-order valence-electron chi connectivity index (χ2n) is 7.74. The lowest BCUT2D eigenvalue weighted by Gasteiger charge is -2.31. The number of hydrogen-bond acceptors (Lipinski definition) is 6. The van der Waals surface area contributed by atoms with E-state index < -0.39 is 6.10 Å². The number of nitrogens with zero attached hydrogens (tertiary/aromatic N) is 2. The van der Waals surface area contributed by atoms with Gasteiger partial charge in [0.1, 0.15) is 12.7 Å². The van der Waals surface area contributed by atoms with Crippen LogP contribution in [0.1, 0.15) is 32.3 Å². The van der Waals surface area contributed by atoms with Crippen LogP contribution in [0.2, 0.25) is 0 Å². The summed E-state index contributed by atoms with van der Waals surface area (Å²) in [4.78, 5) is 4.48. The van der Waals surface area contributed by atoms with Crippen LogP contribution in [0.4, 0.5) is 0 Å². The van der Waals surface area contributed by atoms with E-state index in [1.807, 2.05) is 19.2 Å². The molecule has 1 aliphatic heterocycles. The van der Waals surface area contributed by atoms with E-state index in [1.165, 1.54) is 5.56 Å². The van der Waals surface area contributed by atoms with Gasteiger partial charge < -0.3 is 24.2 Å². The van der Waals surface area contributed by atoms with Crippen molar-refractivity contribution in [3.63, 3.8) is 0 Å². The number of likely N-dealkylation sites (N-methyl/N-ethyl adjacent to an activating group) is 1. The summed E-state index contributed by atoms with van der Waals surface area (Å²) in [5, 5.41) is 10.2. The van der Waals surface area contributed by atoms with Gasteiger partial charge in [-0.05, 0) is 58.5 Å². The Morgan fingerprint density at radius 3 is 2.52 bits per heavy atom. The first-order chi connectivity index (χ1) is 12.9. The Labute approximate surface area is 164 Å². The number of methoxy groups -OCH3 is 1. The zero-order valence-electron chi connectivity index (χ0n) is 17.5. The third-order valence-electron chi connectivity index (χ3n) is 5.29. The van der Waals surface area contributed by atoms with Crippen molar-refractivity contribution in [3.8, 4) is 11.5 Å². The van der Waals surface area contributed by atoms with E-state index in [2.05, 4.69) is 36.8 Å². The quantitative estimate of drug-likeness (QED) is 0.673. The van der Waals surface area contributed by atoms with E-state index in [4.69, 9.17) is 14.2 Å². The van der Waals surface area contributed by atoms with Gasteiger partial charge >= 0.3 is 0 Å². The first kappa shape index (κ1) is 22.0. The molecular formula is C21H36N2O4. The number of hydrogen-bond donors (Lipinski definition) is 1. The van der Waals surface area contributed by atoms with E-state index >= 15 is 0 Å². The predicted octanol–water partition coefficient (Wildman–Crippen LogP) is 2.39. The van der Waals surface area contributed by atoms with Gasteiger partial charge in [-0.2, -0.15) is 0 Å². The van der Waals surface area contributed by atoms with E-state index in [0.29, 0.717) is 30.1 Å². The van der Waals surface area contributed by atoms with Gasteiger partial charge in [0.2, 0.25) is 0 Å². The largest absolute Gasteiger partial charge is 0.493 e. The van der Waals surface area contributed by atoms with Crippen LogP contribution in [0, 0.1) is 0 Å². The zero-order chi connectivity index (χ0) is 19.8. The minimum absolute atomic E-state index is 0.245. The molecule has 0 spiro atoms. The molecule has 0 radical (unpaired) electrons. The van der Waals surface area contributed by atoms with E-state index in [0.717, 1.165) is 32.6 Å². The molecule has 1 saturated heterocycles. The highest BCUT2D eigenvalue weighted by atomic mass is 16.5. The molecule has 2 rings (SSSR count). The molecule has 1 heterocycles. The minimum Gasteiger partial charge on any atom is -0.493 e. The highest BCUT2D eigenvalue weighted by Gasteiger charge is 2.19. The maximum Gasteiger partial charge on any atom is 0.161 e. The zero-order valence-corrected chi connectivity index (χ0v) is 17.5. The fraction of sp³-hybridized carbons (Fsp3) is 0.714. The van der Waals surface area contributed by atoms with Crippen molar-refractivity contribution in [3.05, 3.63) is 23.8 Å². The Morgan fingerprint density at radius 1 is 1.19 bits per heavy atom. The molecule has 1 aromatic carbocycles. The molecule has 1 aliphatic rings. The molecule has 0 aromatic heterocycles. The van der Waals surface area contributed by atoms with E-state index in [-0.39, 0.29) is 6.61 Å². The van der Waals surface area contributed by atoms with Crippen LogP contribution in [0.15, 0.2) is 18.2 Å². The van der Waals surface area contributed by atoms with Crippen LogP contribution in [0.25, 0.3) is 0 Å². The SMILES string of the molecule is COc1cc(CN(C)C2CCOCC2)ccc1OC[C@@H](O)CN(C)C(C)C. The van der Waals surface area contributed by atoms with Crippen molar-refractivity contribution in [2.45, 2.75) is 51.4 Å². The highest BCUT2D eigenvalue weighted by Crippen LogP contribution is 2.29. The number of aliphatic hydroxyl groups excluding tert-OH is 1. The maximum absolute atomic E-state index is 10.2. The van der Waals surface area contributed by atoms with E-state index in [1.54, 1.807) is 7.11 Å². The Hall–Kier alpha value is -1.34. The van der Waals surface area contributed by atoms with Gasteiger partial charge in [0.15, 0.2) is 11.5 Å². The van der Waals surface area contributed by atoms with Crippen molar-refractivity contribution < 1.29 is 19.3 Å². The van der Waals surface area contributed by atoms with Crippen molar-refractivity contribution in [1.29, 1.82) is 0 Å². The molecule has 0 aliphatic carbocycles. The summed E-state index contributed by atoms with van der Waals surface area (Å²) < 4.78 is 16.8. The fourth-order valence-electron chi connectivity index (χ4n) is 3.25. The van der Waals surface area contributed by atoms with Gasteiger partial charge in [-0.25, -0.2) is 0 Å². The van der Waals surface area contributed by atoms with Crippen LogP contribution < -0.4 is 9.47 Å². The first-order valence-corrected chi connectivity index (χ1v) is 9.86. The highest BCUT2D eigenvalue weighted by molar-refractivity contribution is 5.43. The fourth-order valence-corrected chi connectivity index (χ4v) is 3.25. The molecule has 1 N–H and O–H groups in total. The predicted molar refractivity (Wildman–Crippen MR) is 108 cm³/mol. The van der Waals surface area contributed by atoms with Crippen LogP contribution >= 0.6 is 0 Å². The molecule has 6 nitrogen and oxygen atoms in total. The third-order valence-corrected chi connectivity index (χ3v) is 5.29. The summed E-state index contributed by atoms with van der Waals surface area (Å²) in [6.45, 7) is 7.59. The summed E-state index contributed by atoms with van der Waals surface area (Å²) in [6.07, 6.45) is 1.62. The number of aliphatic hydroxyl groups is 1. The van der Waals surface area contributed by atoms with Crippen molar-refractivity contribution in [2.24, 2.45) is 0 Å².